The molecule has 0 unspecified atom stereocenters. The van der Waals surface area contributed by atoms with Crippen LogP contribution in [0.4, 0.5) is 0 Å². The average molecular weight is 309 g/mol. The molecule has 0 heterocycles. The molecule has 5 heteroatoms. The van der Waals surface area contributed by atoms with E-state index in [1.807, 2.05) is 13.8 Å². The number of sulfonamides is 1. The highest BCUT2D eigenvalue weighted by atomic mass is 32.2. The molecule has 0 atom stereocenters. The average Bonchev–Trinajstić information content (AvgIpc) is 2.48. The Bertz CT molecular complexity index is 599. The summed E-state index contributed by atoms with van der Waals surface area (Å²) >= 11 is 0. The first-order valence-electron chi connectivity index (χ1n) is 7.26. The number of aliphatic hydroxyl groups excluding tert-OH is 1. The number of hydrogen-bond acceptors (Lipinski definition) is 3. The van der Waals surface area contributed by atoms with Crippen LogP contribution < -0.4 is 0 Å². The van der Waals surface area contributed by atoms with Crippen molar-refractivity contribution in [1.29, 1.82) is 0 Å². The Kier molecular flexibility index (Phi) is 7.44. The molecule has 1 aromatic carbocycles. The second kappa shape index (κ2) is 8.83. The Balaban J connectivity index is 3.16. The van der Waals surface area contributed by atoms with Gasteiger partial charge in [-0.2, -0.15) is 4.31 Å². The minimum Gasteiger partial charge on any atom is -0.395 e. The van der Waals surface area contributed by atoms with Gasteiger partial charge >= 0.3 is 0 Å². The summed E-state index contributed by atoms with van der Waals surface area (Å²) in [5.74, 6) is 5.62. The van der Waals surface area contributed by atoms with Crippen LogP contribution in [0, 0.1) is 11.8 Å². The molecule has 0 aliphatic heterocycles. The van der Waals surface area contributed by atoms with Gasteiger partial charge in [-0.15, -0.1) is 0 Å². The number of rotatable bonds is 7. The SMILES string of the molecule is CCCCN(CC)S(=O)(=O)c1ccccc1C#CCCO. The first kappa shape index (κ1) is 17.7. The lowest BCUT2D eigenvalue weighted by molar-refractivity contribution is 0.305. The van der Waals surface area contributed by atoms with Crippen LogP contribution >= 0.6 is 0 Å². The lowest BCUT2D eigenvalue weighted by Crippen LogP contribution is -2.32. The standard InChI is InChI=1S/C16H23NO3S/c1-3-5-13-17(4-2)21(19,20)16-12-7-6-10-15(16)11-8-9-14-18/h6-7,10,12,18H,3-5,9,13-14H2,1-2H3. The predicted octanol–water partition coefficient (Wildman–Crippen LogP) is 2.23. The van der Waals surface area contributed by atoms with Gasteiger partial charge in [0.1, 0.15) is 0 Å². The number of nitrogens with zero attached hydrogens (tertiary/aromatic N) is 1. The molecule has 1 N–H and O–H groups in total. The summed E-state index contributed by atoms with van der Waals surface area (Å²) in [4.78, 5) is 0.244. The molecule has 0 saturated carbocycles. The maximum atomic E-state index is 12.7. The first-order chi connectivity index (χ1) is 10.1. The third kappa shape index (κ3) is 4.85. The molecule has 0 aliphatic carbocycles. The second-order valence-corrected chi connectivity index (χ2v) is 6.53. The number of unbranched alkanes of at least 4 members (excludes halogenated alkanes) is 1. The van der Waals surface area contributed by atoms with Gasteiger partial charge in [-0.25, -0.2) is 8.42 Å². The fourth-order valence-electron chi connectivity index (χ4n) is 1.93. The Hall–Kier alpha value is -1.35. The summed E-state index contributed by atoms with van der Waals surface area (Å²) in [6.45, 7) is 4.82. The van der Waals surface area contributed by atoms with Gasteiger partial charge in [0.25, 0.3) is 0 Å². The van der Waals surface area contributed by atoms with E-state index in [-0.39, 0.29) is 11.5 Å². The Morgan fingerprint density at radius 2 is 1.95 bits per heavy atom. The molecular weight excluding hydrogens is 286 g/mol. The highest BCUT2D eigenvalue weighted by molar-refractivity contribution is 7.89. The van der Waals surface area contributed by atoms with Crippen molar-refractivity contribution in [3.63, 3.8) is 0 Å². The van der Waals surface area contributed by atoms with Crippen LogP contribution in [0.1, 0.15) is 38.7 Å². The number of hydrogen-bond donors (Lipinski definition) is 1. The highest BCUT2D eigenvalue weighted by Gasteiger charge is 2.24. The fourth-order valence-corrected chi connectivity index (χ4v) is 3.57. The van der Waals surface area contributed by atoms with E-state index < -0.39 is 10.0 Å². The zero-order valence-electron chi connectivity index (χ0n) is 12.7. The zero-order valence-corrected chi connectivity index (χ0v) is 13.5. The molecule has 4 nitrogen and oxygen atoms in total. The van der Waals surface area contributed by atoms with E-state index in [1.54, 1.807) is 24.3 Å². The molecule has 0 fully saturated rings. The van der Waals surface area contributed by atoms with Gasteiger partial charge in [0.05, 0.1) is 11.5 Å². The topological polar surface area (TPSA) is 57.6 Å². The van der Waals surface area contributed by atoms with Gasteiger partial charge in [-0.3, -0.25) is 0 Å². The molecular formula is C16H23NO3S. The van der Waals surface area contributed by atoms with Gasteiger partial charge < -0.3 is 5.11 Å². The van der Waals surface area contributed by atoms with E-state index in [0.717, 1.165) is 12.8 Å². The summed E-state index contributed by atoms with van der Waals surface area (Å²) < 4.78 is 27.0. The summed E-state index contributed by atoms with van der Waals surface area (Å²) in [5, 5.41) is 8.77. The minimum absolute atomic E-state index is 0.0283. The number of benzene rings is 1. The Morgan fingerprint density at radius 3 is 2.57 bits per heavy atom. The maximum absolute atomic E-state index is 12.7. The Labute approximate surface area is 127 Å². The Morgan fingerprint density at radius 1 is 1.24 bits per heavy atom. The highest BCUT2D eigenvalue weighted by Crippen LogP contribution is 2.20. The molecule has 0 radical (unpaired) electrons. The number of aliphatic hydroxyl groups is 1. The molecule has 21 heavy (non-hydrogen) atoms. The lowest BCUT2D eigenvalue weighted by Gasteiger charge is -2.21. The van der Waals surface area contributed by atoms with Crippen LogP contribution in [0.3, 0.4) is 0 Å². The second-order valence-electron chi connectivity index (χ2n) is 4.62. The quantitative estimate of drug-likeness (QED) is 0.786. The molecule has 1 rings (SSSR count). The van der Waals surface area contributed by atoms with Crippen LogP contribution in [0.15, 0.2) is 29.2 Å². The van der Waals surface area contributed by atoms with E-state index in [9.17, 15) is 8.42 Å². The van der Waals surface area contributed by atoms with E-state index in [2.05, 4.69) is 11.8 Å². The van der Waals surface area contributed by atoms with Crippen molar-refractivity contribution in [3.8, 4) is 11.8 Å². The van der Waals surface area contributed by atoms with Crippen LogP contribution in [-0.2, 0) is 10.0 Å². The summed E-state index contributed by atoms with van der Waals surface area (Å²) in [7, 11) is -3.52. The first-order valence-corrected chi connectivity index (χ1v) is 8.70. The van der Waals surface area contributed by atoms with E-state index in [0.29, 0.717) is 25.1 Å². The largest absolute Gasteiger partial charge is 0.395 e. The van der Waals surface area contributed by atoms with E-state index in [4.69, 9.17) is 5.11 Å². The van der Waals surface area contributed by atoms with Crippen LogP contribution in [0.25, 0.3) is 0 Å². The van der Waals surface area contributed by atoms with Gasteiger partial charge in [0, 0.05) is 25.1 Å². The van der Waals surface area contributed by atoms with Crippen molar-refractivity contribution >= 4 is 10.0 Å². The van der Waals surface area contributed by atoms with Crippen LogP contribution in [-0.4, -0.2) is 37.5 Å². The summed E-state index contributed by atoms with van der Waals surface area (Å²) in [6.07, 6.45) is 2.12. The summed E-state index contributed by atoms with van der Waals surface area (Å²) in [5.41, 5.74) is 0.487. The maximum Gasteiger partial charge on any atom is 0.244 e. The lowest BCUT2D eigenvalue weighted by atomic mass is 10.2. The van der Waals surface area contributed by atoms with Crippen molar-refractivity contribution in [1.82, 2.24) is 4.31 Å². The van der Waals surface area contributed by atoms with E-state index >= 15 is 0 Å². The van der Waals surface area contributed by atoms with E-state index in [1.165, 1.54) is 4.31 Å². The molecule has 116 valence electrons. The van der Waals surface area contributed by atoms with Crippen molar-refractivity contribution < 1.29 is 13.5 Å². The smallest absolute Gasteiger partial charge is 0.244 e. The predicted molar refractivity (Wildman–Crippen MR) is 84.4 cm³/mol. The molecule has 0 spiro atoms. The molecule has 0 aromatic heterocycles. The van der Waals surface area contributed by atoms with Gasteiger partial charge in [0.2, 0.25) is 10.0 Å². The molecule has 0 saturated heterocycles. The third-order valence-electron chi connectivity index (χ3n) is 3.08. The van der Waals surface area contributed by atoms with Gasteiger partial charge in [-0.1, -0.05) is 44.2 Å². The zero-order chi connectivity index (χ0) is 15.7. The van der Waals surface area contributed by atoms with Gasteiger partial charge in [-0.05, 0) is 18.6 Å². The molecule has 0 aliphatic rings. The molecule has 1 aromatic rings. The van der Waals surface area contributed by atoms with Crippen LogP contribution in [0.5, 0.6) is 0 Å². The minimum atomic E-state index is -3.52. The monoisotopic (exact) mass is 309 g/mol. The normalized spacial score (nSPS) is 11.2. The van der Waals surface area contributed by atoms with Crippen molar-refractivity contribution in [2.75, 3.05) is 19.7 Å². The van der Waals surface area contributed by atoms with Crippen molar-refractivity contribution in [2.24, 2.45) is 0 Å². The summed E-state index contributed by atoms with van der Waals surface area (Å²) in [6, 6.07) is 6.76. The van der Waals surface area contributed by atoms with Crippen molar-refractivity contribution in [2.45, 2.75) is 38.0 Å². The van der Waals surface area contributed by atoms with Gasteiger partial charge in [0.15, 0.2) is 0 Å². The molecule has 0 amide bonds. The van der Waals surface area contributed by atoms with Crippen LogP contribution in [0.2, 0.25) is 0 Å². The molecule has 0 bridgehead atoms. The third-order valence-corrected chi connectivity index (χ3v) is 5.11. The fraction of sp³-hybridized carbons (Fsp3) is 0.500. The van der Waals surface area contributed by atoms with Crippen molar-refractivity contribution in [3.05, 3.63) is 29.8 Å².